The van der Waals surface area contributed by atoms with Crippen LogP contribution < -0.4 is 20.1 Å². The van der Waals surface area contributed by atoms with Gasteiger partial charge in [-0.05, 0) is 190 Å². The van der Waals surface area contributed by atoms with Crippen LogP contribution in [0, 0.1) is 11.8 Å². The first-order chi connectivity index (χ1) is 35.5. The second-order valence-electron chi connectivity index (χ2n) is 25.3. The van der Waals surface area contributed by atoms with Gasteiger partial charge in [0.25, 0.3) is 0 Å². The van der Waals surface area contributed by atoms with Gasteiger partial charge in [-0.3, -0.25) is 9.68 Å². The van der Waals surface area contributed by atoms with Crippen molar-refractivity contribution in [1.82, 2.24) is 40.0 Å². The van der Waals surface area contributed by atoms with Crippen LogP contribution in [-0.2, 0) is 15.1 Å². The number of piperidine rings is 2. The lowest BCUT2D eigenvalue weighted by molar-refractivity contribution is -0.314. The molecule has 2 aliphatic carbocycles. The zero-order valence-electron chi connectivity index (χ0n) is 47.3. The summed E-state index contributed by atoms with van der Waals surface area (Å²) in [6, 6.07) is 16.5. The summed E-state index contributed by atoms with van der Waals surface area (Å²) >= 11 is 13.1. The van der Waals surface area contributed by atoms with Gasteiger partial charge in [0.2, 0.25) is 22.5 Å². The molecule has 412 valence electrons. The molecule has 0 amide bonds. The van der Waals surface area contributed by atoms with Gasteiger partial charge < -0.3 is 20.1 Å². The van der Waals surface area contributed by atoms with Crippen molar-refractivity contribution in [3.8, 4) is 23.5 Å². The van der Waals surface area contributed by atoms with E-state index in [4.69, 9.17) is 52.3 Å². The van der Waals surface area contributed by atoms with Gasteiger partial charge in [-0.15, -0.1) is 0 Å². The third-order valence-electron chi connectivity index (χ3n) is 16.6. The third kappa shape index (κ3) is 14.4. The molecule has 0 bridgehead atoms. The highest BCUT2D eigenvalue weighted by molar-refractivity contribution is 6.28. The molecular formula is C59H88Cl2N10O4. The Bertz CT molecular complexity index is 2270. The minimum atomic E-state index is -0.358. The van der Waals surface area contributed by atoms with Gasteiger partial charge >= 0.3 is 12.0 Å². The van der Waals surface area contributed by atoms with Crippen molar-refractivity contribution < 1.29 is 19.1 Å². The van der Waals surface area contributed by atoms with E-state index in [0.717, 1.165) is 88.2 Å². The van der Waals surface area contributed by atoms with Crippen molar-refractivity contribution in [3.63, 3.8) is 0 Å². The van der Waals surface area contributed by atoms with E-state index in [-0.39, 0.29) is 62.2 Å². The Labute approximate surface area is 458 Å². The van der Waals surface area contributed by atoms with E-state index in [1.807, 2.05) is 24.3 Å². The van der Waals surface area contributed by atoms with Crippen molar-refractivity contribution >= 4 is 35.1 Å². The number of rotatable bonds is 20. The molecule has 2 saturated carbocycles. The normalized spacial score (nSPS) is 21.8. The first-order valence-corrected chi connectivity index (χ1v) is 29.2. The second-order valence-corrected chi connectivity index (χ2v) is 26.0. The van der Waals surface area contributed by atoms with E-state index < -0.39 is 0 Å². The molecule has 2 saturated heterocycles. The summed E-state index contributed by atoms with van der Waals surface area (Å²) in [6.07, 6.45) is 20.7. The van der Waals surface area contributed by atoms with Crippen LogP contribution in [0.15, 0.2) is 48.5 Å². The highest BCUT2D eigenvalue weighted by atomic mass is 35.5. The first kappa shape index (κ1) is 57.3. The van der Waals surface area contributed by atoms with Crippen molar-refractivity contribution in [2.24, 2.45) is 11.8 Å². The van der Waals surface area contributed by atoms with Gasteiger partial charge in [0.1, 0.15) is 11.5 Å². The summed E-state index contributed by atoms with van der Waals surface area (Å²) in [5.41, 5.74) is 1.25. The van der Waals surface area contributed by atoms with E-state index in [1.54, 1.807) is 0 Å². The van der Waals surface area contributed by atoms with E-state index in [2.05, 4.69) is 148 Å². The highest BCUT2D eigenvalue weighted by Crippen LogP contribution is 2.47. The minimum absolute atomic E-state index is 0.0750. The van der Waals surface area contributed by atoms with Gasteiger partial charge in [-0.1, -0.05) is 103 Å². The molecule has 2 aromatic heterocycles. The summed E-state index contributed by atoms with van der Waals surface area (Å²) < 4.78 is 12.5. The Morgan fingerprint density at radius 2 is 0.853 bits per heavy atom. The predicted molar refractivity (Wildman–Crippen MR) is 301 cm³/mol. The zero-order chi connectivity index (χ0) is 53.8. The fourth-order valence-electron chi connectivity index (χ4n) is 13.4. The lowest BCUT2D eigenvalue weighted by Gasteiger charge is -2.56. The van der Waals surface area contributed by atoms with Gasteiger partial charge in [-0.2, -0.15) is 40.0 Å². The van der Waals surface area contributed by atoms with Gasteiger partial charge in [0.15, 0.2) is 0 Å². The summed E-state index contributed by atoms with van der Waals surface area (Å²) in [7, 11) is 0. The smallest absolute Gasteiger partial charge is 0.328 e. The van der Waals surface area contributed by atoms with E-state index in [1.165, 1.54) is 38.5 Å². The maximum absolute atomic E-state index is 6.81. The van der Waals surface area contributed by atoms with Crippen LogP contribution in [0.25, 0.3) is 0 Å². The highest BCUT2D eigenvalue weighted by Gasteiger charge is 2.51. The van der Waals surface area contributed by atoms with Crippen LogP contribution in [0.4, 0.5) is 11.9 Å². The van der Waals surface area contributed by atoms with Crippen LogP contribution in [0.5, 0.6) is 23.5 Å². The van der Waals surface area contributed by atoms with E-state index in [0.29, 0.717) is 47.4 Å². The average molecular weight is 1070 g/mol. The van der Waals surface area contributed by atoms with E-state index in [9.17, 15) is 0 Å². The maximum Gasteiger partial charge on any atom is 0.328 e. The Kier molecular flexibility index (Phi) is 18.3. The van der Waals surface area contributed by atoms with Crippen LogP contribution in [-0.4, -0.2) is 86.5 Å². The van der Waals surface area contributed by atoms with E-state index >= 15 is 0 Å². The number of halogens is 2. The van der Waals surface area contributed by atoms with Crippen molar-refractivity contribution in [3.05, 3.63) is 70.2 Å². The molecule has 75 heavy (non-hydrogen) atoms. The summed E-state index contributed by atoms with van der Waals surface area (Å²) in [5, 5.41) is 12.2. The molecule has 4 heterocycles. The average Bonchev–Trinajstić information content (AvgIpc) is 3.34. The van der Waals surface area contributed by atoms with Crippen LogP contribution in [0.3, 0.4) is 0 Å². The SMILES string of the molecule is CCCC(Nc1nc(Cl)nc(Oc2ccc(C(C)(C)c3ccc(Oc4nc(Cl)nc(NC(CCC)C5CC(C)(C)N(OC6CCCCC6)C(C)(C)C5)n4)cc3)cc2)n1)C1CC(C)(C)N(OC2CCCCC2)C(C)(C)C1. The number of ether oxygens (including phenoxy) is 2. The lowest BCUT2D eigenvalue weighted by atomic mass is 9.71. The largest absolute Gasteiger partial charge is 0.424 e. The van der Waals surface area contributed by atoms with Gasteiger partial charge in [0, 0.05) is 39.7 Å². The molecule has 2 N–H and O–H groups in total. The Hall–Kier alpha value is -3.92. The third-order valence-corrected chi connectivity index (χ3v) is 16.9. The quantitative estimate of drug-likeness (QED) is 0.0866. The second kappa shape index (κ2) is 24.0. The minimum Gasteiger partial charge on any atom is -0.424 e. The number of hydroxylamine groups is 4. The van der Waals surface area contributed by atoms with Crippen LogP contribution in [0.1, 0.15) is 210 Å². The van der Waals surface area contributed by atoms with Crippen LogP contribution in [0.2, 0.25) is 10.6 Å². The number of hydrogen-bond donors (Lipinski definition) is 2. The molecule has 16 heteroatoms. The maximum atomic E-state index is 6.81. The zero-order valence-corrected chi connectivity index (χ0v) is 48.8. The molecule has 4 fully saturated rings. The Balaban J connectivity index is 0.883. The molecule has 2 aliphatic heterocycles. The molecule has 4 aliphatic rings. The molecular weight excluding hydrogens is 984 g/mol. The van der Waals surface area contributed by atoms with Crippen LogP contribution >= 0.6 is 23.2 Å². The Morgan fingerprint density at radius 3 is 1.17 bits per heavy atom. The summed E-state index contributed by atoms with van der Waals surface area (Å²) in [4.78, 5) is 40.8. The predicted octanol–water partition coefficient (Wildman–Crippen LogP) is 15.5. The standard InChI is InChI=1S/C59H88Cl2N10O4/c1-13-21-47(39-35-55(3,4)70(56(5,6)36-39)74-45-23-17-15-18-24-45)62-51-64-49(60)66-53(68-51)72-43-31-27-41(28-32-43)59(11,12)42-29-33-44(34-30-42)73-54-67-50(61)65-52(69-54)63-48(22-14-2)40-37-57(7,8)71(58(9,10)38-40)75-46-25-19-16-20-26-46/h27-34,39-40,45-48H,13-26,35-38H2,1-12H3,(H,62,64,66,68)(H,63,65,67,69). The fourth-order valence-corrected chi connectivity index (χ4v) is 13.7. The number of nitrogens with zero attached hydrogens (tertiary/aromatic N) is 8. The molecule has 2 atom stereocenters. The monoisotopic (exact) mass is 1070 g/mol. The molecule has 0 radical (unpaired) electrons. The van der Waals surface area contributed by atoms with Gasteiger partial charge in [0.05, 0.1) is 12.2 Å². The molecule has 2 unspecified atom stereocenters. The summed E-state index contributed by atoms with van der Waals surface area (Å²) in [5.74, 6) is 2.74. The molecule has 4 aromatic rings. The summed E-state index contributed by atoms with van der Waals surface area (Å²) in [6.45, 7) is 27.4. The van der Waals surface area contributed by atoms with Crippen molar-refractivity contribution in [1.29, 1.82) is 0 Å². The fraction of sp³-hybridized carbons (Fsp3) is 0.695. The number of hydrogen-bond acceptors (Lipinski definition) is 14. The number of anilines is 2. The molecule has 2 aromatic carbocycles. The number of benzene rings is 2. The lowest BCUT2D eigenvalue weighted by Crippen LogP contribution is -2.63. The Morgan fingerprint density at radius 1 is 0.520 bits per heavy atom. The number of aromatic nitrogens is 6. The number of nitrogens with one attached hydrogen (secondary N) is 2. The molecule has 0 spiro atoms. The first-order valence-electron chi connectivity index (χ1n) is 28.4. The van der Waals surface area contributed by atoms with Crippen molar-refractivity contribution in [2.75, 3.05) is 10.6 Å². The van der Waals surface area contributed by atoms with Crippen molar-refractivity contribution in [2.45, 2.75) is 251 Å². The molecule has 14 nitrogen and oxygen atoms in total. The van der Waals surface area contributed by atoms with Gasteiger partial charge in [-0.25, -0.2) is 0 Å². The molecule has 8 rings (SSSR count). The topological polar surface area (TPSA) is 145 Å².